The van der Waals surface area contributed by atoms with Gasteiger partial charge in [0.25, 0.3) is 0 Å². The molecule has 2 rings (SSSR count). The molecule has 0 aliphatic heterocycles. The molecule has 1 aromatic rings. The second kappa shape index (κ2) is 7.31. The van der Waals surface area contributed by atoms with Crippen molar-refractivity contribution in [3.63, 3.8) is 0 Å². The highest BCUT2D eigenvalue weighted by Crippen LogP contribution is 2.40. The van der Waals surface area contributed by atoms with Crippen LogP contribution in [0.15, 0.2) is 12.3 Å². The molecule has 2 N–H and O–H groups in total. The number of hydrogen-bond acceptors (Lipinski definition) is 4. The van der Waals surface area contributed by atoms with Crippen molar-refractivity contribution in [1.82, 2.24) is 20.8 Å². The third-order valence-electron chi connectivity index (χ3n) is 3.46. The number of nitrogens with one attached hydrogen (secondary N) is 2. The lowest BCUT2D eigenvalue weighted by atomic mass is 9.80. The fourth-order valence-electron chi connectivity index (χ4n) is 2.13. The SMILES string of the molecule is O=C(NCc1cnnc(OCC(F)(F)F)c1)N[C@H]1C[C@H](C(F)(F)F)C1. The van der Waals surface area contributed by atoms with Gasteiger partial charge >= 0.3 is 18.4 Å². The largest absolute Gasteiger partial charge is 0.467 e. The molecule has 0 unspecified atom stereocenters. The van der Waals surface area contributed by atoms with Crippen molar-refractivity contribution in [2.24, 2.45) is 5.92 Å². The quantitative estimate of drug-likeness (QED) is 0.779. The number of carbonyl (C=O) groups excluding carboxylic acids is 1. The summed E-state index contributed by atoms with van der Waals surface area (Å²) in [6, 6.07) is -0.0738. The van der Waals surface area contributed by atoms with Gasteiger partial charge in [-0.05, 0) is 18.4 Å². The first-order valence-electron chi connectivity index (χ1n) is 7.15. The van der Waals surface area contributed by atoms with Crippen LogP contribution in [0.2, 0.25) is 0 Å². The minimum absolute atomic E-state index is 0.0981. The minimum Gasteiger partial charge on any atom is -0.467 e. The monoisotopic (exact) mass is 372 g/mol. The number of amides is 2. The molecule has 1 saturated carbocycles. The van der Waals surface area contributed by atoms with Crippen molar-refractivity contribution in [2.45, 2.75) is 37.8 Å². The number of aromatic nitrogens is 2. The van der Waals surface area contributed by atoms with E-state index in [0.717, 1.165) is 0 Å². The summed E-state index contributed by atoms with van der Waals surface area (Å²) in [6.07, 6.45) is -7.92. The van der Waals surface area contributed by atoms with Crippen LogP contribution in [0.3, 0.4) is 0 Å². The average molecular weight is 372 g/mol. The number of nitrogens with zero attached hydrogens (tertiary/aromatic N) is 2. The summed E-state index contributed by atoms with van der Waals surface area (Å²) in [4.78, 5) is 11.6. The fraction of sp³-hybridized carbons (Fsp3) is 0.615. The van der Waals surface area contributed by atoms with Crippen LogP contribution in [-0.2, 0) is 6.54 Å². The summed E-state index contributed by atoms with van der Waals surface area (Å²) in [5.74, 6) is -1.76. The summed E-state index contributed by atoms with van der Waals surface area (Å²) < 4.78 is 77.6. The van der Waals surface area contributed by atoms with Crippen LogP contribution in [0.1, 0.15) is 18.4 Å². The zero-order valence-electron chi connectivity index (χ0n) is 12.6. The van der Waals surface area contributed by atoms with Crippen LogP contribution in [0.4, 0.5) is 31.1 Å². The van der Waals surface area contributed by atoms with Gasteiger partial charge in [0.05, 0.1) is 12.1 Å². The van der Waals surface area contributed by atoms with Gasteiger partial charge in [-0.25, -0.2) is 4.79 Å². The molecule has 140 valence electrons. The van der Waals surface area contributed by atoms with Crippen molar-refractivity contribution in [2.75, 3.05) is 6.61 Å². The Balaban J connectivity index is 1.73. The normalized spacial score (nSPS) is 20.6. The lowest BCUT2D eigenvalue weighted by Gasteiger charge is -2.36. The Morgan fingerprint density at radius 3 is 2.52 bits per heavy atom. The number of urea groups is 1. The Morgan fingerprint density at radius 1 is 1.24 bits per heavy atom. The van der Waals surface area contributed by atoms with Gasteiger partial charge in [-0.3, -0.25) is 0 Å². The van der Waals surface area contributed by atoms with Gasteiger partial charge < -0.3 is 15.4 Å². The van der Waals surface area contributed by atoms with Crippen molar-refractivity contribution in [1.29, 1.82) is 0 Å². The van der Waals surface area contributed by atoms with Crippen LogP contribution in [0.25, 0.3) is 0 Å². The maximum atomic E-state index is 12.3. The van der Waals surface area contributed by atoms with Crippen molar-refractivity contribution < 1.29 is 35.9 Å². The molecular weight excluding hydrogens is 358 g/mol. The van der Waals surface area contributed by atoms with Gasteiger partial charge in [-0.1, -0.05) is 0 Å². The van der Waals surface area contributed by atoms with E-state index < -0.39 is 37.0 Å². The average Bonchev–Trinajstić information content (AvgIpc) is 2.45. The molecule has 1 fully saturated rings. The zero-order valence-corrected chi connectivity index (χ0v) is 12.6. The Kier molecular flexibility index (Phi) is 5.58. The van der Waals surface area contributed by atoms with Gasteiger partial charge in [-0.15, -0.1) is 5.10 Å². The van der Waals surface area contributed by atoms with E-state index in [-0.39, 0.29) is 25.3 Å². The van der Waals surface area contributed by atoms with Gasteiger partial charge in [0.2, 0.25) is 5.88 Å². The van der Waals surface area contributed by atoms with Crippen LogP contribution < -0.4 is 15.4 Å². The van der Waals surface area contributed by atoms with Gasteiger partial charge in [0.15, 0.2) is 6.61 Å². The Hall–Kier alpha value is -2.27. The molecule has 25 heavy (non-hydrogen) atoms. The Bertz CT molecular complexity index is 601. The van der Waals surface area contributed by atoms with Crippen LogP contribution in [0, 0.1) is 5.92 Å². The lowest BCUT2D eigenvalue weighted by Crippen LogP contribution is -2.51. The molecule has 0 atom stereocenters. The topological polar surface area (TPSA) is 76.1 Å². The highest BCUT2D eigenvalue weighted by atomic mass is 19.4. The molecule has 0 aromatic carbocycles. The van der Waals surface area contributed by atoms with Crippen molar-refractivity contribution in [3.8, 4) is 5.88 Å². The minimum atomic E-state index is -4.52. The van der Waals surface area contributed by atoms with E-state index in [9.17, 15) is 31.1 Å². The first-order chi connectivity index (χ1) is 11.5. The second-order valence-electron chi connectivity index (χ2n) is 5.54. The van der Waals surface area contributed by atoms with Crippen molar-refractivity contribution in [3.05, 3.63) is 17.8 Å². The van der Waals surface area contributed by atoms with E-state index >= 15 is 0 Å². The molecule has 0 bridgehead atoms. The van der Waals surface area contributed by atoms with Gasteiger partial charge in [0, 0.05) is 18.7 Å². The van der Waals surface area contributed by atoms with E-state index in [1.807, 2.05) is 0 Å². The number of hydrogen-bond donors (Lipinski definition) is 2. The number of halogens is 6. The Morgan fingerprint density at radius 2 is 1.92 bits per heavy atom. The number of ether oxygens (including phenoxy) is 1. The smallest absolute Gasteiger partial charge is 0.422 e. The lowest BCUT2D eigenvalue weighted by molar-refractivity contribution is -0.198. The molecule has 1 aliphatic carbocycles. The summed E-state index contributed by atoms with van der Waals surface area (Å²) in [7, 11) is 0. The van der Waals surface area contributed by atoms with Gasteiger partial charge in [-0.2, -0.15) is 31.4 Å². The number of carbonyl (C=O) groups is 1. The van der Waals surface area contributed by atoms with E-state index in [0.29, 0.717) is 5.56 Å². The third-order valence-corrected chi connectivity index (χ3v) is 3.46. The first-order valence-corrected chi connectivity index (χ1v) is 7.15. The highest BCUT2D eigenvalue weighted by Gasteiger charge is 2.48. The molecule has 0 saturated heterocycles. The van der Waals surface area contributed by atoms with E-state index in [1.54, 1.807) is 0 Å². The molecule has 12 heteroatoms. The van der Waals surface area contributed by atoms with E-state index in [1.165, 1.54) is 12.3 Å². The van der Waals surface area contributed by atoms with Crippen LogP contribution in [0.5, 0.6) is 5.88 Å². The van der Waals surface area contributed by atoms with E-state index in [4.69, 9.17) is 0 Å². The molecule has 0 radical (unpaired) electrons. The summed E-state index contributed by atoms with van der Waals surface area (Å²) in [5, 5.41) is 11.6. The van der Waals surface area contributed by atoms with Crippen molar-refractivity contribution >= 4 is 6.03 Å². The Labute approximate surface area is 137 Å². The second-order valence-corrected chi connectivity index (χ2v) is 5.54. The number of rotatable bonds is 5. The molecular formula is C13H14F6N4O2. The standard InChI is InChI=1S/C13H14F6N4O2/c14-12(15,16)6-25-10-1-7(5-21-23-10)4-20-11(24)22-9-2-8(3-9)13(17,18)19/h1,5,8-9H,2-4,6H2,(H2,20,22,24)/t8-,9-. The maximum absolute atomic E-state index is 12.3. The molecule has 6 nitrogen and oxygen atoms in total. The van der Waals surface area contributed by atoms with Crippen LogP contribution in [-0.4, -0.2) is 41.2 Å². The first kappa shape index (κ1) is 19.1. The summed E-state index contributed by atoms with van der Waals surface area (Å²) in [5.41, 5.74) is 0.323. The molecule has 1 aliphatic rings. The fourth-order valence-corrected chi connectivity index (χ4v) is 2.13. The zero-order chi connectivity index (χ0) is 18.7. The number of alkyl halides is 6. The van der Waals surface area contributed by atoms with Gasteiger partial charge in [0.1, 0.15) is 0 Å². The molecule has 0 spiro atoms. The molecule has 1 heterocycles. The van der Waals surface area contributed by atoms with Crippen LogP contribution >= 0.6 is 0 Å². The molecule has 2 amide bonds. The predicted molar refractivity (Wildman–Crippen MR) is 71.5 cm³/mol. The predicted octanol–water partition coefficient (Wildman–Crippen LogP) is 2.56. The highest BCUT2D eigenvalue weighted by molar-refractivity contribution is 5.74. The summed E-state index contributed by atoms with van der Waals surface area (Å²) in [6.45, 7) is -1.62. The summed E-state index contributed by atoms with van der Waals surface area (Å²) >= 11 is 0. The molecule has 1 aromatic heterocycles. The maximum Gasteiger partial charge on any atom is 0.422 e. The van der Waals surface area contributed by atoms with E-state index in [2.05, 4.69) is 25.6 Å². The third kappa shape index (κ3) is 6.27.